The first-order valence-corrected chi connectivity index (χ1v) is 6.97. The molecule has 0 aromatic heterocycles. The second-order valence-corrected chi connectivity index (χ2v) is 5.32. The minimum absolute atomic E-state index is 0.591. The summed E-state index contributed by atoms with van der Waals surface area (Å²) in [6.45, 7) is 6.20. The van der Waals surface area contributed by atoms with Crippen molar-refractivity contribution in [3.8, 4) is 0 Å². The van der Waals surface area contributed by atoms with Gasteiger partial charge >= 0.3 is 0 Å². The molecule has 1 aromatic rings. The van der Waals surface area contributed by atoms with Crippen LogP contribution in [0.15, 0.2) is 23.1 Å². The maximum Gasteiger partial charge on any atom is 0.0539 e. The lowest BCUT2D eigenvalue weighted by atomic mass is 10.1. The molecular weight excluding hydrogens is 216 g/mol. The number of aryl methyl sites for hydroxylation is 1. The zero-order valence-electron chi connectivity index (χ0n) is 10.1. The highest BCUT2D eigenvalue weighted by Crippen LogP contribution is 2.39. The van der Waals surface area contributed by atoms with Crippen LogP contribution in [0.2, 0.25) is 0 Å². The zero-order chi connectivity index (χ0) is 11.5. The fourth-order valence-corrected chi connectivity index (χ4v) is 3.45. The van der Waals surface area contributed by atoms with Crippen molar-refractivity contribution < 1.29 is 0 Å². The normalized spacial score (nSPS) is 19.7. The molecule has 1 aliphatic rings. The molecule has 1 atom stereocenters. The average molecular weight is 236 g/mol. The Bertz CT molecular complexity index is 351. The monoisotopic (exact) mass is 236 g/mol. The molecule has 0 saturated carbocycles. The lowest BCUT2D eigenvalue weighted by Gasteiger charge is -2.38. The van der Waals surface area contributed by atoms with Gasteiger partial charge in [0.1, 0.15) is 0 Å². The highest BCUT2D eigenvalue weighted by atomic mass is 32.2. The quantitative estimate of drug-likeness (QED) is 0.874. The highest BCUT2D eigenvalue weighted by molar-refractivity contribution is 7.99. The number of benzene rings is 1. The molecule has 0 fully saturated rings. The Morgan fingerprint density at radius 3 is 3.00 bits per heavy atom. The van der Waals surface area contributed by atoms with Gasteiger partial charge in [0.15, 0.2) is 0 Å². The van der Waals surface area contributed by atoms with Gasteiger partial charge in [0.2, 0.25) is 0 Å². The van der Waals surface area contributed by atoms with Crippen molar-refractivity contribution in [2.75, 3.05) is 23.7 Å². The number of hydrogen-bond acceptors (Lipinski definition) is 3. The van der Waals surface area contributed by atoms with Gasteiger partial charge in [-0.1, -0.05) is 19.1 Å². The van der Waals surface area contributed by atoms with E-state index in [2.05, 4.69) is 36.9 Å². The Labute approximate surface area is 102 Å². The molecule has 0 aliphatic carbocycles. The van der Waals surface area contributed by atoms with Crippen LogP contribution in [0.4, 0.5) is 5.69 Å². The van der Waals surface area contributed by atoms with Gasteiger partial charge in [-0.05, 0) is 25.0 Å². The maximum absolute atomic E-state index is 5.72. The third kappa shape index (κ3) is 2.06. The predicted octanol–water partition coefficient (Wildman–Crippen LogP) is 2.51. The van der Waals surface area contributed by atoms with E-state index in [1.54, 1.807) is 0 Å². The first-order valence-electron chi connectivity index (χ1n) is 5.99. The Morgan fingerprint density at radius 2 is 2.31 bits per heavy atom. The number of anilines is 1. The minimum atomic E-state index is 0.591. The van der Waals surface area contributed by atoms with Crippen molar-refractivity contribution in [3.63, 3.8) is 0 Å². The number of nitrogens with zero attached hydrogens (tertiary/aromatic N) is 1. The summed E-state index contributed by atoms with van der Waals surface area (Å²) in [5.74, 6) is 1.17. The second kappa shape index (κ2) is 5.11. The molecule has 2 N–H and O–H groups in total. The third-order valence-corrected chi connectivity index (χ3v) is 4.42. The van der Waals surface area contributed by atoms with Gasteiger partial charge < -0.3 is 10.6 Å². The Balaban J connectivity index is 2.43. The van der Waals surface area contributed by atoms with Gasteiger partial charge in [-0.2, -0.15) is 0 Å². The summed E-state index contributed by atoms with van der Waals surface area (Å²) in [4.78, 5) is 3.90. The molecule has 1 unspecified atom stereocenters. The largest absolute Gasteiger partial charge is 0.366 e. The van der Waals surface area contributed by atoms with Crippen LogP contribution in [0.1, 0.15) is 19.4 Å². The van der Waals surface area contributed by atoms with E-state index in [9.17, 15) is 0 Å². The number of fused-ring (bicyclic) bond motifs is 1. The SMILES string of the molecule is CCc1cccc2c1N(CCN)C(C)CS2. The highest BCUT2D eigenvalue weighted by Gasteiger charge is 2.24. The van der Waals surface area contributed by atoms with Crippen molar-refractivity contribution in [1.29, 1.82) is 0 Å². The van der Waals surface area contributed by atoms with E-state index in [1.807, 2.05) is 11.8 Å². The van der Waals surface area contributed by atoms with Gasteiger partial charge in [-0.3, -0.25) is 0 Å². The lowest BCUT2D eigenvalue weighted by molar-refractivity contribution is 0.674. The van der Waals surface area contributed by atoms with E-state index in [0.717, 1.165) is 19.5 Å². The average Bonchev–Trinajstić information content (AvgIpc) is 2.32. The van der Waals surface area contributed by atoms with E-state index in [0.29, 0.717) is 6.04 Å². The predicted molar refractivity (Wildman–Crippen MR) is 72.4 cm³/mol. The number of thioether (sulfide) groups is 1. The molecule has 1 aromatic carbocycles. The lowest BCUT2D eigenvalue weighted by Crippen LogP contribution is -2.41. The van der Waals surface area contributed by atoms with Crippen molar-refractivity contribution in [2.45, 2.75) is 31.2 Å². The zero-order valence-corrected chi connectivity index (χ0v) is 10.9. The second-order valence-electron chi connectivity index (χ2n) is 4.26. The van der Waals surface area contributed by atoms with Gasteiger partial charge in [-0.25, -0.2) is 0 Å². The molecule has 3 heteroatoms. The summed E-state index contributed by atoms with van der Waals surface area (Å²) >= 11 is 1.97. The molecule has 0 radical (unpaired) electrons. The molecule has 0 saturated heterocycles. The summed E-state index contributed by atoms with van der Waals surface area (Å²) in [6.07, 6.45) is 1.09. The standard InChI is InChI=1S/C13H20N2S/c1-3-11-5-4-6-12-13(11)15(8-7-14)10(2)9-16-12/h4-6,10H,3,7-9,14H2,1-2H3. The molecule has 88 valence electrons. The van der Waals surface area contributed by atoms with Crippen LogP contribution in [0.25, 0.3) is 0 Å². The molecule has 0 spiro atoms. The van der Waals surface area contributed by atoms with Crippen LogP contribution < -0.4 is 10.6 Å². The molecule has 0 bridgehead atoms. The van der Waals surface area contributed by atoms with Crippen LogP contribution in [0.5, 0.6) is 0 Å². The Kier molecular flexibility index (Phi) is 3.77. The smallest absolute Gasteiger partial charge is 0.0539 e. The van der Waals surface area contributed by atoms with Crippen molar-refractivity contribution in [2.24, 2.45) is 5.73 Å². The summed E-state index contributed by atoms with van der Waals surface area (Å²) in [5, 5.41) is 0. The van der Waals surface area contributed by atoms with E-state index < -0.39 is 0 Å². The Hall–Kier alpha value is -0.670. The summed E-state index contributed by atoms with van der Waals surface area (Å²) in [5.41, 5.74) is 8.60. The maximum atomic E-state index is 5.72. The topological polar surface area (TPSA) is 29.3 Å². The van der Waals surface area contributed by atoms with Gasteiger partial charge in [0.05, 0.1) is 5.69 Å². The van der Waals surface area contributed by atoms with Gasteiger partial charge in [-0.15, -0.1) is 11.8 Å². The molecule has 2 rings (SSSR count). The van der Waals surface area contributed by atoms with E-state index in [-0.39, 0.29) is 0 Å². The Morgan fingerprint density at radius 1 is 1.50 bits per heavy atom. The summed E-state index contributed by atoms with van der Waals surface area (Å²) in [6, 6.07) is 7.23. The van der Waals surface area contributed by atoms with Crippen molar-refractivity contribution in [1.82, 2.24) is 0 Å². The first-order chi connectivity index (χ1) is 7.77. The molecule has 0 amide bonds. The van der Waals surface area contributed by atoms with Crippen LogP contribution >= 0.6 is 11.8 Å². The third-order valence-electron chi connectivity index (χ3n) is 3.13. The fraction of sp³-hybridized carbons (Fsp3) is 0.538. The fourth-order valence-electron chi connectivity index (χ4n) is 2.29. The van der Waals surface area contributed by atoms with Crippen LogP contribution in [0, 0.1) is 0 Å². The first kappa shape index (κ1) is 11.8. The number of hydrogen-bond donors (Lipinski definition) is 1. The van der Waals surface area contributed by atoms with Crippen LogP contribution in [0.3, 0.4) is 0 Å². The molecule has 16 heavy (non-hydrogen) atoms. The van der Waals surface area contributed by atoms with Crippen LogP contribution in [-0.4, -0.2) is 24.9 Å². The number of para-hydroxylation sites is 1. The molecule has 1 aliphatic heterocycles. The van der Waals surface area contributed by atoms with Crippen molar-refractivity contribution in [3.05, 3.63) is 23.8 Å². The molecular formula is C13H20N2S. The summed E-state index contributed by atoms with van der Waals surface area (Å²) in [7, 11) is 0. The van der Waals surface area contributed by atoms with E-state index in [1.165, 1.54) is 21.9 Å². The molecule has 2 nitrogen and oxygen atoms in total. The van der Waals surface area contributed by atoms with Gasteiger partial charge in [0.25, 0.3) is 0 Å². The number of rotatable bonds is 3. The minimum Gasteiger partial charge on any atom is -0.366 e. The summed E-state index contributed by atoms with van der Waals surface area (Å²) < 4.78 is 0. The van der Waals surface area contributed by atoms with Crippen molar-refractivity contribution >= 4 is 17.4 Å². The van der Waals surface area contributed by atoms with E-state index in [4.69, 9.17) is 5.73 Å². The van der Waals surface area contributed by atoms with E-state index >= 15 is 0 Å². The van der Waals surface area contributed by atoms with Crippen LogP contribution in [-0.2, 0) is 6.42 Å². The van der Waals surface area contributed by atoms with Gasteiger partial charge in [0, 0.05) is 29.8 Å². The molecule has 1 heterocycles. The number of nitrogens with two attached hydrogens (primary N) is 1.